The molecule has 0 aliphatic carbocycles. The third-order valence-electron chi connectivity index (χ3n) is 3.24. The summed E-state index contributed by atoms with van der Waals surface area (Å²) in [7, 11) is 0. The number of rotatable bonds is 13. The molecule has 0 rings (SSSR count). The fourth-order valence-electron chi connectivity index (χ4n) is 1.96. The van der Waals surface area contributed by atoms with Gasteiger partial charge in [-0.05, 0) is 12.8 Å². The van der Waals surface area contributed by atoms with Gasteiger partial charge in [-0.25, -0.2) is 4.79 Å². The van der Waals surface area contributed by atoms with E-state index in [1.165, 1.54) is 0 Å². The Morgan fingerprint density at radius 1 is 0.964 bits per heavy atom. The minimum atomic E-state index is -1.52. The van der Waals surface area contributed by atoms with E-state index in [9.17, 15) is 24.0 Å². The molecule has 14 heteroatoms. The van der Waals surface area contributed by atoms with Crippen LogP contribution in [0.5, 0.6) is 0 Å². The molecule has 2 atom stereocenters. The molecule has 0 radical (unpaired) electrons. The molecular weight excluding hydrogens is 376 g/mol. The third-order valence-corrected chi connectivity index (χ3v) is 3.24. The van der Waals surface area contributed by atoms with Crippen molar-refractivity contribution >= 4 is 35.6 Å². The minimum Gasteiger partial charge on any atom is -0.480 e. The van der Waals surface area contributed by atoms with Gasteiger partial charge in [0.15, 0.2) is 5.96 Å². The lowest BCUT2D eigenvalue weighted by molar-refractivity contribution is -0.143. The molecular formula is C14H26N8O6. The highest BCUT2D eigenvalue weighted by atomic mass is 16.4. The first-order valence-corrected chi connectivity index (χ1v) is 8.19. The number of aliphatic carboxylic acids is 1. The fraction of sp³-hybridized carbons (Fsp3) is 0.571. The van der Waals surface area contributed by atoms with Gasteiger partial charge in [0.05, 0.1) is 19.5 Å². The van der Waals surface area contributed by atoms with Gasteiger partial charge < -0.3 is 44.0 Å². The first-order chi connectivity index (χ1) is 13.1. The second kappa shape index (κ2) is 12.9. The second-order valence-electron chi connectivity index (χ2n) is 5.62. The average molecular weight is 402 g/mol. The summed E-state index contributed by atoms with van der Waals surface area (Å²) >= 11 is 0. The highest BCUT2D eigenvalue weighted by Crippen LogP contribution is 1.99. The van der Waals surface area contributed by atoms with E-state index in [0.29, 0.717) is 6.42 Å². The van der Waals surface area contributed by atoms with Crippen LogP contribution in [0.2, 0.25) is 0 Å². The van der Waals surface area contributed by atoms with E-state index < -0.39 is 54.6 Å². The maximum atomic E-state index is 12.2. The van der Waals surface area contributed by atoms with Crippen LogP contribution in [0.15, 0.2) is 4.99 Å². The Morgan fingerprint density at radius 2 is 1.57 bits per heavy atom. The van der Waals surface area contributed by atoms with Crippen LogP contribution in [0, 0.1) is 0 Å². The Labute approximate surface area is 160 Å². The van der Waals surface area contributed by atoms with Crippen LogP contribution in [0.3, 0.4) is 0 Å². The number of guanidine groups is 1. The molecule has 0 saturated heterocycles. The summed E-state index contributed by atoms with van der Waals surface area (Å²) < 4.78 is 0. The number of carbonyl (C=O) groups excluding carboxylic acids is 4. The van der Waals surface area contributed by atoms with Crippen LogP contribution in [0.25, 0.3) is 0 Å². The zero-order valence-corrected chi connectivity index (χ0v) is 15.1. The SMILES string of the molecule is NCC(=O)NC(CCCN=C(N)N)C(=O)NCC(=O)NC(CC(N)=O)C(=O)O. The molecule has 2 unspecified atom stereocenters. The third kappa shape index (κ3) is 11.2. The van der Waals surface area contributed by atoms with Gasteiger partial charge in [-0.2, -0.15) is 0 Å². The van der Waals surface area contributed by atoms with Crippen LogP contribution in [-0.4, -0.2) is 72.4 Å². The largest absolute Gasteiger partial charge is 0.480 e. The van der Waals surface area contributed by atoms with Crippen LogP contribution in [0.4, 0.5) is 0 Å². The first-order valence-electron chi connectivity index (χ1n) is 8.19. The van der Waals surface area contributed by atoms with Crippen molar-refractivity contribution in [2.24, 2.45) is 27.9 Å². The topological polar surface area (TPSA) is 258 Å². The lowest BCUT2D eigenvalue weighted by Crippen LogP contribution is -2.52. The van der Waals surface area contributed by atoms with Crippen molar-refractivity contribution in [2.75, 3.05) is 19.6 Å². The predicted octanol–water partition coefficient (Wildman–Crippen LogP) is -4.96. The van der Waals surface area contributed by atoms with Crippen molar-refractivity contribution in [3.63, 3.8) is 0 Å². The number of aliphatic imine (C=N–C) groups is 1. The van der Waals surface area contributed by atoms with E-state index in [2.05, 4.69) is 20.9 Å². The van der Waals surface area contributed by atoms with E-state index >= 15 is 0 Å². The number of nitrogens with zero attached hydrogens (tertiary/aromatic N) is 1. The number of primary amides is 1. The summed E-state index contributed by atoms with van der Waals surface area (Å²) in [4.78, 5) is 61.0. The zero-order valence-electron chi connectivity index (χ0n) is 15.1. The minimum absolute atomic E-state index is 0.118. The normalized spacial score (nSPS) is 12.2. The maximum Gasteiger partial charge on any atom is 0.326 e. The molecule has 14 nitrogen and oxygen atoms in total. The standard InChI is InChI=1S/C14H26N8O6/c15-5-10(24)21-7(2-1-3-19-14(17)18)12(26)20-6-11(25)22-8(13(27)28)4-9(16)23/h7-8H,1-6,15H2,(H2,16,23)(H,20,26)(H,21,24)(H,22,25)(H,27,28)(H4,17,18,19). The van der Waals surface area contributed by atoms with E-state index in [1.807, 2.05) is 0 Å². The number of nitrogens with two attached hydrogens (primary N) is 4. The molecule has 0 spiro atoms. The highest BCUT2D eigenvalue weighted by molar-refractivity contribution is 5.92. The van der Waals surface area contributed by atoms with Crippen molar-refractivity contribution in [2.45, 2.75) is 31.3 Å². The smallest absolute Gasteiger partial charge is 0.326 e. The molecule has 28 heavy (non-hydrogen) atoms. The van der Waals surface area contributed by atoms with Gasteiger partial charge in [-0.15, -0.1) is 0 Å². The highest BCUT2D eigenvalue weighted by Gasteiger charge is 2.24. The zero-order chi connectivity index (χ0) is 21.7. The lowest BCUT2D eigenvalue weighted by atomic mass is 10.1. The lowest BCUT2D eigenvalue weighted by Gasteiger charge is -2.18. The van der Waals surface area contributed by atoms with Crippen molar-refractivity contribution < 1.29 is 29.1 Å². The van der Waals surface area contributed by atoms with Gasteiger partial charge in [0, 0.05) is 6.54 Å². The molecule has 12 N–H and O–H groups in total. The Kier molecular flexibility index (Phi) is 11.3. The predicted molar refractivity (Wildman–Crippen MR) is 97.3 cm³/mol. The first kappa shape index (κ1) is 24.6. The molecule has 0 aromatic carbocycles. The quantitative estimate of drug-likeness (QED) is 0.0832. The van der Waals surface area contributed by atoms with Crippen molar-refractivity contribution in [1.82, 2.24) is 16.0 Å². The van der Waals surface area contributed by atoms with Gasteiger partial charge in [0.2, 0.25) is 23.6 Å². The van der Waals surface area contributed by atoms with Crippen molar-refractivity contribution in [1.29, 1.82) is 0 Å². The molecule has 0 aromatic rings. The summed E-state index contributed by atoms with van der Waals surface area (Å²) in [5, 5.41) is 15.6. The van der Waals surface area contributed by atoms with Crippen molar-refractivity contribution in [3.8, 4) is 0 Å². The van der Waals surface area contributed by atoms with Crippen LogP contribution < -0.4 is 38.9 Å². The number of hydrogen-bond donors (Lipinski definition) is 8. The molecule has 0 heterocycles. The van der Waals surface area contributed by atoms with E-state index in [-0.39, 0.29) is 25.5 Å². The monoisotopic (exact) mass is 402 g/mol. The summed E-state index contributed by atoms with van der Waals surface area (Å²) in [5.74, 6) is -4.62. The summed E-state index contributed by atoms with van der Waals surface area (Å²) in [5.41, 5.74) is 20.5. The molecule has 0 fully saturated rings. The molecule has 0 aliphatic heterocycles. The maximum absolute atomic E-state index is 12.2. The Hall–Kier alpha value is -3.42. The van der Waals surface area contributed by atoms with E-state index in [4.69, 9.17) is 28.0 Å². The molecule has 158 valence electrons. The van der Waals surface area contributed by atoms with Gasteiger partial charge >= 0.3 is 5.97 Å². The Bertz CT molecular complexity index is 619. The van der Waals surface area contributed by atoms with Crippen LogP contribution in [-0.2, 0) is 24.0 Å². The summed E-state index contributed by atoms with van der Waals surface area (Å²) in [6, 6.07) is -2.52. The number of nitrogens with one attached hydrogen (secondary N) is 3. The number of hydrogen-bond acceptors (Lipinski definition) is 7. The van der Waals surface area contributed by atoms with Crippen LogP contribution in [0.1, 0.15) is 19.3 Å². The van der Waals surface area contributed by atoms with E-state index in [0.717, 1.165) is 0 Å². The summed E-state index contributed by atoms with van der Waals surface area (Å²) in [6.45, 7) is -0.700. The second-order valence-corrected chi connectivity index (χ2v) is 5.62. The van der Waals surface area contributed by atoms with Gasteiger partial charge in [-0.3, -0.25) is 24.2 Å². The number of carboxylic acid groups (broad SMARTS) is 1. The Morgan fingerprint density at radius 3 is 2.07 bits per heavy atom. The molecule has 0 saturated carbocycles. The van der Waals surface area contributed by atoms with Gasteiger partial charge in [0.1, 0.15) is 12.1 Å². The molecule has 0 bridgehead atoms. The van der Waals surface area contributed by atoms with Crippen LogP contribution >= 0.6 is 0 Å². The number of carbonyl (C=O) groups is 5. The summed E-state index contributed by atoms with van der Waals surface area (Å²) in [6.07, 6.45) is -0.0862. The van der Waals surface area contributed by atoms with Gasteiger partial charge in [0.25, 0.3) is 0 Å². The Balaban J connectivity index is 4.70. The molecule has 0 aliphatic rings. The number of amides is 4. The van der Waals surface area contributed by atoms with Gasteiger partial charge in [-0.1, -0.05) is 0 Å². The van der Waals surface area contributed by atoms with E-state index in [1.54, 1.807) is 0 Å². The number of carboxylic acids is 1. The van der Waals surface area contributed by atoms with Crippen molar-refractivity contribution in [3.05, 3.63) is 0 Å². The average Bonchev–Trinajstić information content (AvgIpc) is 2.60. The molecule has 4 amide bonds. The molecule has 0 aromatic heterocycles. The fourth-order valence-corrected chi connectivity index (χ4v) is 1.96.